The maximum Gasteiger partial charge on any atom is 0.270 e. The Bertz CT molecular complexity index is 907. The van der Waals surface area contributed by atoms with Crippen LogP contribution in [0.5, 0.6) is 0 Å². The van der Waals surface area contributed by atoms with E-state index in [0.717, 1.165) is 28.1 Å². The lowest BCUT2D eigenvalue weighted by Crippen LogP contribution is -2.38. The first-order chi connectivity index (χ1) is 12.5. The number of anilines is 1. The zero-order valence-electron chi connectivity index (χ0n) is 14.5. The Morgan fingerprint density at radius 1 is 1.15 bits per heavy atom. The smallest absolute Gasteiger partial charge is 0.270 e. The van der Waals surface area contributed by atoms with Gasteiger partial charge in [-0.05, 0) is 53.3 Å². The zero-order valence-corrected chi connectivity index (χ0v) is 17.8. The number of carbonyl (C=O) groups excluding carboxylic acids is 1. The molecule has 138 valence electrons. The third-order valence-electron chi connectivity index (χ3n) is 4.15. The highest BCUT2D eigenvalue weighted by atomic mass is 79.9. The molecule has 0 unspecified atom stereocenters. The van der Waals surface area contributed by atoms with Gasteiger partial charge >= 0.3 is 0 Å². The van der Waals surface area contributed by atoms with Crippen molar-refractivity contribution in [2.75, 3.05) is 31.1 Å². The molecule has 0 atom stereocenters. The minimum atomic E-state index is -0.361. The molecule has 26 heavy (non-hydrogen) atoms. The number of carbonyl (C=O) groups is 1. The van der Waals surface area contributed by atoms with Gasteiger partial charge in [-0.1, -0.05) is 31.3 Å². The molecule has 2 aromatic heterocycles. The normalized spacial score (nSPS) is 11.4. The standard InChI is InChI=1S/C18H19BrFN3OS2/c1-3-22(4-2)10-11-23(17(24)14-8-9-15(19)25-14)18-21-16-12(20)6-5-7-13(16)26-18/h5-9H,3-4,10-11H2,1-2H3. The molecule has 0 saturated heterocycles. The fourth-order valence-electron chi connectivity index (χ4n) is 2.65. The summed E-state index contributed by atoms with van der Waals surface area (Å²) in [5, 5.41) is 0.534. The number of hydrogen-bond acceptors (Lipinski definition) is 5. The number of amides is 1. The molecular formula is C18H19BrFN3OS2. The largest absolute Gasteiger partial charge is 0.302 e. The lowest BCUT2D eigenvalue weighted by Gasteiger charge is -2.24. The minimum absolute atomic E-state index is 0.104. The number of para-hydroxylation sites is 1. The van der Waals surface area contributed by atoms with Crippen LogP contribution in [0.4, 0.5) is 9.52 Å². The zero-order chi connectivity index (χ0) is 18.7. The van der Waals surface area contributed by atoms with Gasteiger partial charge in [0.15, 0.2) is 5.13 Å². The van der Waals surface area contributed by atoms with Gasteiger partial charge in [0.2, 0.25) is 0 Å². The highest BCUT2D eigenvalue weighted by Gasteiger charge is 2.23. The van der Waals surface area contributed by atoms with E-state index in [9.17, 15) is 9.18 Å². The maximum atomic E-state index is 14.0. The van der Waals surface area contributed by atoms with Crippen molar-refractivity contribution in [3.63, 3.8) is 0 Å². The predicted octanol–water partition coefficient (Wildman–Crippen LogP) is 5.25. The number of hydrogen-bond donors (Lipinski definition) is 0. The summed E-state index contributed by atoms with van der Waals surface area (Å²) in [5.41, 5.74) is 0.320. The van der Waals surface area contributed by atoms with Crippen LogP contribution in [0.15, 0.2) is 34.1 Å². The van der Waals surface area contributed by atoms with Gasteiger partial charge in [-0.25, -0.2) is 9.37 Å². The number of thiophene rings is 1. The van der Waals surface area contributed by atoms with Crippen molar-refractivity contribution in [3.8, 4) is 0 Å². The number of aromatic nitrogens is 1. The molecule has 8 heteroatoms. The SMILES string of the molecule is CCN(CC)CCN(C(=O)c1ccc(Br)s1)c1nc2c(F)cccc2s1. The molecular weight excluding hydrogens is 437 g/mol. The topological polar surface area (TPSA) is 36.4 Å². The molecule has 3 rings (SSSR count). The van der Waals surface area contributed by atoms with Gasteiger partial charge in [0.1, 0.15) is 11.3 Å². The third-order valence-corrected chi connectivity index (χ3v) is 6.81. The summed E-state index contributed by atoms with van der Waals surface area (Å²) in [6.07, 6.45) is 0. The monoisotopic (exact) mass is 455 g/mol. The number of thiazole rings is 1. The molecule has 0 radical (unpaired) electrons. The molecule has 0 aliphatic heterocycles. The molecule has 3 aromatic rings. The molecule has 0 fully saturated rings. The van der Waals surface area contributed by atoms with Gasteiger partial charge in [0.25, 0.3) is 5.91 Å². The highest BCUT2D eigenvalue weighted by molar-refractivity contribution is 9.11. The molecule has 4 nitrogen and oxygen atoms in total. The van der Waals surface area contributed by atoms with Crippen LogP contribution >= 0.6 is 38.6 Å². The van der Waals surface area contributed by atoms with Crippen molar-refractivity contribution in [2.24, 2.45) is 0 Å². The Balaban J connectivity index is 1.95. The Labute approximate surface area is 168 Å². The summed E-state index contributed by atoms with van der Waals surface area (Å²) >= 11 is 6.14. The lowest BCUT2D eigenvalue weighted by molar-refractivity contribution is 0.0987. The van der Waals surface area contributed by atoms with Gasteiger partial charge in [0.05, 0.1) is 13.4 Å². The molecule has 0 bridgehead atoms. The summed E-state index contributed by atoms with van der Waals surface area (Å²) in [6.45, 7) is 7.27. The van der Waals surface area contributed by atoms with Crippen LogP contribution in [0.2, 0.25) is 0 Å². The number of halogens is 2. The predicted molar refractivity (Wildman–Crippen MR) is 111 cm³/mol. The summed E-state index contributed by atoms with van der Waals surface area (Å²) in [6, 6.07) is 8.55. The van der Waals surface area contributed by atoms with Crippen LogP contribution in [0.1, 0.15) is 23.5 Å². The Morgan fingerprint density at radius 3 is 2.54 bits per heavy atom. The van der Waals surface area contributed by atoms with E-state index in [-0.39, 0.29) is 11.7 Å². The third kappa shape index (κ3) is 4.14. The number of rotatable bonds is 7. The van der Waals surface area contributed by atoms with Crippen LogP contribution < -0.4 is 4.90 Å². The van der Waals surface area contributed by atoms with Crippen molar-refractivity contribution >= 4 is 59.9 Å². The molecule has 1 aromatic carbocycles. The van der Waals surface area contributed by atoms with E-state index in [0.29, 0.717) is 22.1 Å². The molecule has 0 N–H and O–H groups in total. The molecule has 0 aliphatic carbocycles. The van der Waals surface area contributed by atoms with E-state index >= 15 is 0 Å². The van der Waals surface area contributed by atoms with Gasteiger partial charge in [-0.3, -0.25) is 9.69 Å². The van der Waals surface area contributed by atoms with Crippen LogP contribution in [-0.4, -0.2) is 42.0 Å². The van der Waals surface area contributed by atoms with E-state index in [4.69, 9.17) is 0 Å². The van der Waals surface area contributed by atoms with Crippen molar-refractivity contribution in [3.05, 3.63) is 44.8 Å². The van der Waals surface area contributed by atoms with E-state index in [1.807, 2.05) is 12.1 Å². The van der Waals surface area contributed by atoms with Crippen molar-refractivity contribution < 1.29 is 9.18 Å². The van der Waals surface area contributed by atoms with E-state index in [1.165, 1.54) is 28.7 Å². The Kier molecular flexibility index (Phi) is 6.39. The quantitative estimate of drug-likeness (QED) is 0.488. The number of benzene rings is 1. The van der Waals surface area contributed by atoms with Crippen LogP contribution in [-0.2, 0) is 0 Å². The minimum Gasteiger partial charge on any atom is -0.302 e. The number of fused-ring (bicyclic) bond motifs is 1. The summed E-state index contributed by atoms with van der Waals surface area (Å²) < 4.78 is 15.7. The molecule has 0 aliphatic rings. The summed E-state index contributed by atoms with van der Waals surface area (Å²) in [5.74, 6) is -0.465. The van der Waals surface area contributed by atoms with Crippen molar-refractivity contribution in [2.45, 2.75) is 13.8 Å². The fourth-order valence-corrected chi connectivity index (χ4v) is 4.99. The first kappa shape index (κ1) is 19.4. The molecule has 0 spiro atoms. The van der Waals surface area contributed by atoms with Crippen molar-refractivity contribution in [1.82, 2.24) is 9.88 Å². The van der Waals surface area contributed by atoms with Crippen molar-refractivity contribution in [1.29, 1.82) is 0 Å². The summed E-state index contributed by atoms with van der Waals surface area (Å²) in [4.78, 5) is 22.0. The molecule has 1 amide bonds. The van der Waals surface area contributed by atoms with Crippen LogP contribution in [0, 0.1) is 5.82 Å². The number of nitrogens with zero attached hydrogens (tertiary/aromatic N) is 3. The second kappa shape index (κ2) is 8.56. The number of likely N-dealkylation sites (N-methyl/N-ethyl adjacent to an activating group) is 1. The van der Waals surface area contributed by atoms with E-state index < -0.39 is 0 Å². The van der Waals surface area contributed by atoms with Gasteiger partial charge in [-0.15, -0.1) is 11.3 Å². The lowest BCUT2D eigenvalue weighted by atomic mass is 10.3. The molecule has 2 heterocycles. The Morgan fingerprint density at radius 2 is 1.92 bits per heavy atom. The average Bonchev–Trinajstić information content (AvgIpc) is 3.25. The van der Waals surface area contributed by atoms with Gasteiger partial charge in [0, 0.05) is 13.1 Å². The maximum absolute atomic E-state index is 14.0. The first-order valence-corrected chi connectivity index (χ1v) is 10.8. The van der Waals surface area contributed by atoms with Gasteiger partial charge < -0.3 is 4.90 Å². The first-order valence-electron chi connectivity index (χ1n) is 8.38. The fraction of sp³-hybridized carbons (Fsp3) is 0.333. The second-order valence-corrected chi connectivity index (χ2v) is 9.14. The second-order valence-electron chi connectivity index (χ2n) is 5.67. The van der Waals surface area contributed by atoms with Crippen LogP contribution in [0.25, 0.3) is 10.2 Å². The van der Waals surface area contributed by atoms with E-state index in [1.54, 1.807) is 17.0 Å². The average molecular weight is 456 g/mol. The molecule has 0 saturated carbocycles. The summed E-state index contributed by atoms with van der Waals surface area (Å²) in [7, 11) is 0. The highest BCUT2D eigenvalue weighted by Crippen LogP contribution is 2.32. The Hall–Kier alpha value is -1.35. The van der Waals surface area contributed by atoms with Crippen LogP contribution in [0.3, 0.4) is 0 Å². The van der Waals surface area contributed by atoms with Gasteiger partial charge in [-0.2, -0.15) is 0 Å². The van der Waals surface area contributed by atoms with E-state index in [2.05, 4.69) is 39.7 Å².